The monoisotopic (exact) mass is 389 g/mol. The number of hydrogen-bond acceptors (Lipinski definition) is 6. The molecule has 1 amide bonds. The molecule has 7 nitrogen and oxygen atoms in total. The highest BCUT2D eigenvalue weighted by atomic mass is 32.2. The fraction of sp³-hybridized carbons (Fsp3) is 0.526. The predicted octanol–water partition coefficient (Wildman–Crippen LogP) is 2.22. The highest BCUT2D eigenvalue weighted by Gasteiger charge is 2.23. The van der Waals surface area contributed by atoms with Crippen molar-refractivity contribution in [2.75, 3.05) is 43.9 Å². The Morgan fingerprint density at radius 3 is 2.63 bits per heavy atom. The van der Waals surface area contributed by atoms with Crippen molar-refractivity contribution in [1.29, 1.82) is 0 Å². The number of amides is 1. The van der Waals surface area contributed by atoms with Gasteiger partial charge in [-0.25, -0.2) is 0 Å². The molecule has 1 fully saturated rings. The third kappa shape index (κ3) is 4.55. The van der Waals surface area contributed by atoms with Gasteiger partial charge in [0, 0.05) is 39.6 Å². The van der Waals surface area contributed by atoms with Crippen molar-refractivity contribution < 1.29 is 9.53 Å². The summed E-state index contributed by atoms with van der Waals surface area (Å²) >= 11 is 1.46. The number of anilines is 1. The number of methoxy groups -OCH3 is 1. The Kier molecular flexibility index (Phi) is 6.60. The topological polar surface area (TPSA) is 63.5 Å². The molecule has 8 heteroatoms. The van der Waals surface area contributed by atoms with Crippen LogP contribution in [0.25, 0.3) is 0 Å². The lowest BCUT2D eigenvalue weighted by atomic mass is 10.2. The minimum absolute atomic E-state index is 0.153. The summed E-state index contributed by atoms with van der Waals surface area (Å²) in [6.45, 7) is 5.17. The number of carbonyl (C=O) groups excluding carboxylic acids is 1. The lowest BCUT2D eigenvalue weighted by Gasteiger charge is -2.36. The van der Waals surface area contributed by atoms with Crippen molar-refractivity contribution in [1.82, 2.24) is 19.7 Å². The second-order valence-electron chi connectivity index (χ2n) is 6.54. The number of aryl methyl sites for hydroxylation is 1. The number of aromatic nitrogens is 3. The van der Waals surface area contributed by atoms with Gasteiger partial charge in [0.25, 0.3) is 0 Å². The molecule has 1 aliphatic heterocycles. The van der Waals surface area contributed by atoms with Crippen molar-refractivity contribution >= 4 is 23.4 Å². The van der Waals surface area contributed by atoms with E-state index >= 15 is 0 Å². The van der Waals surface area contributed by atoms with Gasteiger partial charge in [0.05, 0.1) is 18.6 Å². The lowest BCUT2D eigenvalue weighted by Crippen LogP contribution is -2.49. The number of ether oxygens (including phenoxy) is 1. The van der Waals surface area contributed by atoms with Gasteiger partial charge < -0.3 is 19.1 Å². The van der Waals surface area contributed by atoms with Gasteiger partial charge in [0.2, 0.25) is 5.91 Å². The summed E-state index contributed by atoms with van der Waals surface area (Å²) in [5.41, 5.74) is 1.09. The molecule has 0 spiro atoms. The van der Waals surface area contributed by atoms with E-state index in [-0.39, 0.29) is 5.91 Å². The Labute approximate surface area is 164 Å². The lowest BCUT2D eigenvalue weighted by molar-refractivity contribution is -0.128. The van der Waals surface area contributed by atoms with E-state index in [2.05, 4.69) is 28.1 Å². The molecule has 146 valence electrons. The third-order valence-corrected chi connectivity index (χ3v) is 5.79. The number of carbonyl (C=O) groups is 1. The standard InChI is InChI=1S/C19H27N5O2S/c1-4-7-17-20-21-19(22(17)2)27-14-18(25)24-12-10-23(11-13-24)15-8-5-6-9-16(15)26-3/h5-6,8-9H,4,7,10-14H2,1-3H3. The summed E-state index contributed by atoms with van der Waals surface area (Å²) in [6.07, 6.45) is 1.94. The molecule has 0 aliphatic carbocycles. The first kappa shape index (κ1) is 19.5. The molecule has 1 aromatic heterocycles. The quantitative estimate of drug-likeness (QED) is 0.677. The van der Waals surface area contributed by atoms with E-state index in [0.29, 0.717) is 5.75 Å². The van der Waals surface area contributed by atoms with Crippen LogP contribution in [0.15, 0.2) is 29.4 Å². The first-order valence-electron chi connectivity index (χ1n) is 9.30. The average Bonchev–Trinajstić information content (AvgIpc) is 3.06. The highest BCUT2D eigenvalue weighted by Crippen LogP contribution is 2.28. The van der Waals surface area contributed by atoms with Crippen LogP contribution in [-0.2, 0) is 18.3 Å². The molecule has 0 saturated carbocycles. The molecule has 27 heavy (non-hydrogen) atoms. The molecule has 0 bridgehead atoms. The van der Waals surface area contributed by atoms with E-state index in [1.54, 1.807) is 7.11 Å². The molecule has 2 aromatic rings. The predicted molar refractivity (Wildman–Crippen MR) is 108 cm³/mol. The van der Waals surface area contributed by atoms with Crippen LogP contribution in [0.3, 0.4) is 0 Å². The van der Waals surface area contributed by atoms with E-state index in [1.165, 1.54) is 11.8 Å². The largest absolute Gasteiger partial charge is 0.495 e. The Bertz CT molecular complexity index is 771. The summed E-state index contributed by atoms with van der Waals surface area (Å²) in [5, 5.41) is 9.21. The molecule has 0 N–H and O–H groups in total. The molecule has 3 rings (SSSR count). The fourth-order valence-corrected chi connectivity index (χ4v) is 4.05. The number of thioether (sulfide) groups is 1. The van der Waals surface area contributed by atoms with Crippen molar-refractivity contribution in [3.8, 4) is 5.75 Å². The van der Waals surface area contributed by atoms with Gasteiger partial charge in [-0.1, -0.05) is 30.8 Å². The summed E-state index contributed by atoms with van der Waals surface area (Å²) in [6, 6.07) is 8.02. The normalized spacial score (nSPS) is 14.5. The number of rotatable bonds is 7. The second kappa shape index (κ2) is 9.12. The van der Waals surface area contributed by atoms with Crippen molar-refractivity contribution in [3.63, 3.8) is 0 Å². The Morgan fingerprint density at radius 1 is 1.19 bits per heavy atom. The summed E-state index contributed by atoms with van der Waals surface area (Å²) in [5.74, 6) is 2.39. The molecule has 1 aromatic carbocycles. The zero-order chi connectivity index (χ0) is 19.2. The molecule has 1 aliphatic rings. The average molecular weight is 390 g/mol. The fourth-order valence-electron chi connectivity index (χ4n) is 3.22. The van der Waals surface area contributed by atoms with Gasteiger partial charge >= 0.3 is 0 Å². The van der Waals surface area contributed by atoms with Gasteiger partial charge in [-0.05, 0) is 18.6 Å². The summed E-state index contributed by atoms with van der Waals surface area (Å²) in [7, 11) is 3.65. The van der Waals surface area contributed by atoms with Crippen LogP contribution in [0.2, 0.25) is 0 Å². The molecule has 0 radical (unpaired) electrons. The minimum Gasteiger partial charge on any atom is -0.495 e. The van der Waals surface area contributed by atoms with Crippen LogP contribution in [0.1, 0.15) is 19.2 Å². The first-order valence-corrected chi connectivity index (χ1v) is 10.3. The number of hydrogen-bond donors (Lipinski definition) is 0. The van der Waals surface area contributed by atoms with Crippen LogP contribution in [0.5, 0.6) is 5.75 Å². The summed E-state index contributed by atoms with van der Waals surface area (Å²) < 4.78 is 7.44. The number of piperazine rings is 1. The second-order valence-corrected chi connectivity index (χ2v) is 7.48. The van der Waals surface area contributed by atoms with Crippen molar-refractivity contribution in [3.05, 3.63) is 30.1 Å². The number of nitrogens with zero attached hydrogens (tertiary/aromatic N) is 5. The van der Waals surface area contributed by atoms with Crippen LogP contribution >= 0.6 is 11.8 Å². The van der Waals surface area contributed by atoms with Gasteiger partial charge in [-0.2, -0.15) is 0 Å². The van der Waals surface area contributed by atoms with Crippen molar-refractivity contribution in [2.24, 2.45) is 7.05 Å². The van der Waals surface area contributed by atoms with Gasteiger partial charge in [0.1, 0.15) is 11.6 Å². The van der Waals surface area contributed by atoms with Gasteiger partial charge in [-0.3, -0.25) is 4.79 Å². The SMILES string of the molecule is CCCc1nnc(SCC(=O)N2CCN(c3ccccc3OC)CC2)n1C. The molecular formula is C19H27N5O2S. The maximum Gasteiger partial charge on any atom is 0.233 e. The zero-order valence-corrected chi connectivity index (χ0v) is 17.0. The van der Waals surface area contributed by atoms with Crippen LogP contribution in [-0.4, -0.2) is 64.6 Å². The number of para-hydroxylation sites is 2. The molecule has 1 saturated heterocycles. The molecular weight excluding hydrogens is 362 g/mol. The Balaban J connectivity index is 1.51. The van der Waals surface area contributed by atoms with Crippen LogP contribution < -0.4 is 9.64 Å². The van der Waals surface area contributed by atoms with E-state index in [0.717, 1.165) is 61.4 Å². The van der Waals surface area contributed by atoms with Crippen LogP contribution in [0.4, 0.5) is 5.69 Å². The first-order chi connectivity index (χ1) is 13.1. The van der Waals surface area contributed by atoms with E-state index < -0.39 is 0 Å². The maximum absolute atomic E-state index is 12.6. The van der Waals surface area contributed by atoms with Crippen molar-refractivity contribution in [2.45, 2.75) is 24.9 Å². The molecule has 2 heterocycles. The van der Waals surface area contributed by atoms with E-state index in [4.69, 9.17) is 4.74 Å². The van der Waals surface area contributed by atoms with Crippen LogP contribution in [0, 0.1) is 0 Å². The molecule has 0 unspecified atom stereocenters. The zero-order valence-electron chi connectivity index (χ0n) is 16.2. The Hall–Kier alpha value is -2.22. The summed E-state index contributed by atoms with van der Waals surface area (Å²) in [4.78, 5) is 16.8. The number of benzene rings is 1. The minimum atomic E-state index is 0.153. The van der Waals surface area contributed by atoms with E-state index in [9.17, 15) is 4.79 Å². The van der Waals surface area contributed by atoms with Gasteiger partial charge in [0.15, 0.2) is 5.16 Å². The Morgan fingerprint density at radius 2 is 1.93 bits per heavy atom. The highest BCUT2D eigenvalue weighted by molar-refractivity contribution is 7.99. The van der Waals surface area contributed by atoms with Gasteiger partial charge in [-0.15, -0.1) is 10.2 Å². The smallest absolute Gasteiger partial charge is 0.233 e. The van der Waals surface area contributed by atoms with E-state index in [1.807, 2.05) is 34.7 Å². The maximum atomic E-state index is 12.6. The molecule has 0 atom stereocenters. The third-order valence-electron chi connectivity index (χ3n) is 4.78.